The average Bonchev–Trinajstić information content (AvgIpc) is 1.85. The van der Waals surface area contributed by atoms with Gasteiger partial charge in [0.05, 0.1) is 4.91 Å². The van der Waals surface area contributed by atoms with Gasteiger partial charge in [-0.1, -0.05) is 23.2 Å². The number of halogens is 2. The lowest BCUT2D eigenvalue weighted by atomic mass is 10.5. The van der Waals surface area contributed by atoms with Gasteiger partial charge in [-0.2, -0.15) is 0 Å². The average molecular weight is 195 g/mol. The molecule has 0 bridgehead atoms. The van der Waals surface area contributed by atoms with E-state index in [0.717, 1.165) is 6.33 Å². The van der Waals surface area contributed by atoms with E-state index in [1.165, 1.54) is 0 Å². The van der Waals surface area contributed by atoms with Crippen LogP contribution in [0.5, 0.6) is 0 Å². The Labute approximate surface area is 71.1 Å². The van der Waals surface area contributed by atoms with Gasteiger partial charge >= 0.3 is 5.69 Å². The molecule has 0 spiro atoms. The van der Waals surface area contributed by atoms with Gasteiger partial charge in [-0.15, -0.1) is 0 Å². The fourth-order valence-electron chi connectivity index (χ4n) is 0.495. The number of hydrogen-bond acceptors (Lipinski definition) is 3. The van der Waals surface area contributed by atoms with Gasteiger partial charge in [0.25, 0.3) is 4.92 Å². The molecule has 0 radical (unpaired) electrons. The number of nitrogens with zero attached hydrogens (tertiary/aromatic N) is 3. The molecule has 1 rings (SSSR count). The molecule has 0 aromatic carbocycles. The molecule has 0 saturated carbocycles. The van der Waals surface area contributed by atoms with Crippen LogP contribution in [0.1, 0.15) is 0 Å². The normalized spacial score (nSPS) is 9.64. The highest BCUT2D eigenvalue weighted by atomic mass is 35.5. The first-order valence-electron chi connectivity index (χ1n) is 2.45. The Bertz CT molecular complexity index is 283. The van der Waals surface area contributed by atoms with Gasteiger partial charge < -0.3 is 0 Å². The fraction of sp³-hybridized carbons (Fsp3) is 0. The van der Waals surface area contributed by atoms with Crippen molar-refractivity contribution in [3.05, 3.63) is 21.5 Å². The molecule has 5 nitrogen and oxygen atoms in total. The van der Waals surface area contributed by atoms with E-state index in [4.69, 9.17) is 28.4 Å². The molecule has 0 atom stereocenters. The first kappa shape index (κ1) is 8.16. The van der Waals surface area contributed by atoms with E-state index in [9.17, 15) is 4.91 Å². The van der Waals surface area contributed by atoms with Crippen LogP contribution in [-0.2, 0) is 0 Å². The second-order valence-electron chi connectivity index (χ2n) is 1.58. The zero-order chi connectivity index (χ0) is 8.43. The maximum atomic E-state index is 10.3. The van der Waals surface area contributed by atoms with Gasteiger partial charge in [0.2, 0.25) is 10.3 Å². The van der Waals surface area contributed by atoms with Crippen LogP contribution in [0.3, 0.4) is 0 Å². The van der Waals surface area contributed by atoms with Crippen molar-refractivity contribution in [2.45, 2.75) is 0 Å². The van der Waals surface area contributed by atoms with E-state index in [1.807, 2.05) is 0 Å². The Morgan fingerprint density at radius 2 is 1.82 bits per heavy atom. The number of rotatable bonds is 1. The van der Waals surface area contributed by atoms with Crippen LogP contribution in [0.4, 0.5) is 5.69 Å². The first-order valence-corrected chi connectivity index (χ1v) is 3.20. The van der Waals surface area contributed by atoms with Crippen molar-refractivity contribution in [2.24, 2.45) is 0 Å². The van der Waals surface area contributed by atoms with Crippen molar-refractivity contribution in [1.29, 1.82) is 0 Å². The molecule has 1 aromatic rings. The van der Waals surface area contributed by atoms with E-state index in [0.29, 0.717) is 0 Å². The highest BCUT2D eigenvalue weighted by molar-refractivity contribution is 6.36. The summed E-state index contributed by atoms with van der Waals surface area (Å²) >= 11 is 10.8. The molecule has 0 fully saturated rings. The molecule has 0 aliphatic carbocycles. The number of aromatic nitrogens is 2. The Morgan fingerprint density at radius 3 is 2.09 bits per heavy atom. The molecule has 1 aromatic heterocycles. The van der Waals surface area contributed by atoms with E-state index >= 15 is 0 Å². The Morgan fingerprint density at radius 1 is 1.36 bits per heavy atom. The molecule has 7 heteroatoms. The summed E-state index contributed by atoms with van der Waals surface area (Å²) in [5.74, 6) is 0. The predicted octanol–water partition coefficient (Wildman–Crippen LogP) is 1.58. The topological polar surface area (TPSA) is 66.1 Å². The maximum Gasteiger partial charge on any atom is 0.390 e. The molecule has 0 aliphatic heterocycles. The standard InChI is InChI=1S/C4H2Cl2N3O2/c5-3-2(9(10)11)4(6)8-1-7-3/h1H,(H,10,11)/q+1. The lowest BCUT2D eigenvalue weighted by Gasteiger charge is -1.88. The summed E-state index contributed by atoms with van der Waals surface area (Å²) in [4.78, 5) is 16.7. The SMILES string of the molecule is O=[N+](O)c1c(Cl)ncnc1Cl. The van der Waals surface area contributed by atoms with Gasteiger partial charge in [0, 0.05) is 0 Å². The Balaban J connectivity index is 3.32. The third kappa shape index (κ3) is 1.55. The summed E-state index contributed by atoms with van der Waals surface area (Å²) in [6, 6.07) is 0. The van der Waals surface area contributed by atoms with E-state index in [2.05, 4.69) is 9.97 Å². The summed E-state index contributed by atoms with van der Waals surface area (Å²) in [7, 11) is 0. The minimum atomic E-state index is -0.481. The van der Waals surface area contributed by atoms with Crippen LogP contribution >= 0.6 is 23.2 Å². The highest BCUT2D eigenvalue weighted by Crippen LogP contribution is 2.26. The quantitative estimate of drug-likeness (QED) is 0.545. The smallest absolute Gasteiger partial charge is 0.241 e. The number of hydrogen-bond donors (Lipinski definition) is 1. The molecular weight excluding hydrogens is 193 g/mol. The molecule has 11 heavy (non-hydrogen) atoms. The van der Waals surface area contributed by atoms with Gasteiger partial charge in [-0.25, -0.2) is 15.2 Å². The second kappa shape index (κ2) is 2.98. The Kier molecular flexibility index (Phi) is 2.21. The summed E-state index contributed by atoms with van der Waals surface area (Å²) in [5, 5.41) is 8.03. The van der Waals surface area contributed by atoms with Crippen LogP contribution in [0.15, 0.2) is 6.33 Å². The molecule has 0 unspecified atom stereocenters. The van der Waals surface area contributed by atoms with Crippen molar-refractivity contribution in [3.8, 4) is 0 Å². The molecule has 58 valence electrons. The molecule has 0 aliphatic rings. The monoisotopic (exact) mass is 194 g/mol. The minimum absolute atomic E-state index is 0.192. The van der Waals surface area contributed by atoms with Crippen LogP contribution in [0, 0.1) is 4.91 Å². The highest BCUT2D eigenvalue weighted by Gasteiger charge is 2.24. The molecule has 1 N–H and O–H groups in total. The third-order valence-corrected chi connectivity index (χ3v) is 1.48. The third-order valence-electron chi connectivity index (χ3n) is 0.924. The van der Waals surface area contributed by atoms with E-state index in [1.54, 1.807) is 0 Å². The molecule has 0 saturated heterocycles. The van der Waals surface area contributed by atoms with Gasteiger partial charge in [0.1, 0.15) is 6.33 Å². The van der Waals surface area contributed by atoms with E-state index < -0.39 is 4.92 Å². The zero-order valence-electron chi connectivity index (χ0n) is 5.03. The van der Waals surface area contributed by atoms with Crippen molar-refractivity contribution >= 4 is 28.9 Å². The van der Waals surface area contributed by atoms with Crippen LogP contribution in [0.2, 0.25) is 10.3 Å². The largest absolute Gasteiger partial charge is 0.390 e. The van der Waals surface area contributed by atoms with E-state index in [-0.39, 0.29) is 16.0 Å². The minimum Gasteiger partial charge on any atom is -0.241 e. The Hall–Kier alpha value is -0.940. The predicted molar refractivity (Wildman–Crippen MR) is 37.1 cm³/mol. The van der Waals surface area contributed by atoms with Crippen LogP contribution < -0.4 is 0 Å². The first-order chi connectivity index (χ1) is 5.13. The molecule has 0 amide bonds. The van der Waals surface area contributed by atoms with Gasteiger partial charge in [-0.05, 0) is 0 Å². The summed E-state index contributed by atoms with van der Waals surface area (Å²) in [6.45, 7) is 0. The van der Waals surface area contributed by atoms with Gasteiger partial charge in [-0.3, -0.25) is 0 Å². The van der Waals surface area contributed by atoms with Crippen molar-refractivity contribution < 1.29 is 10.1 Å². The van der Waals surface area contributed by atoms with Crippen LogP contribution in [-0.4, -0.2) is 20.1 Å². The fourth-order valence-corrected chi connectivity index (χ4v) is 0.955. The summed E-state index contributed by atoms with van der Waals surface area (Å²) in [5.41, 5.74) is -0.351. The van der Waals surface area contributed by atoms with Crippen molar-refractivity contribution in [1.82, 2.24) is 9.97 Å². The van der Waals surface area contributed by atoms with Crippen molar-refractivity contribution in [2.75, 3.05) is 0 Å². The van der Waals surface area contributed by atoms with Gasteiger partial charge in [0.15, 0.2) is 0 Å². The zero-order valence-corrected chi connectivity index (χ0v) is 6.54. The maximum absolute atomic E-state index is 10.3. The van der Waals surface area contributed by atoms with Crippen molar-refractivity contribution in [3.63, 3.8) is 0 Å². The molecular formula is C4H2Cl2N3O2+. The summed E-state index contributed by atoms with van der Waals surface area (Å²) in [6.07, 6.45) is 1.08. The lowest BCUT2D eigenvalue weighted by Crippen LogP contribution is -1.96. The second-order valence-corrected chi connectivity index (χ2v) is 2.29. The lowest BCUT2D eigenvalue weighted by molar-refractivity contribution is -0.729. The molecule has 1 heterocycles. The summed E-state index contributed by atoms with van der Waals surface area (Å²) < 4.78 is 0. The van der Waals surface area contributed by atoms with Crippen LogP contribution in [0.25, 0.3) is 0 Å².